The molecule has 1 unspecified atom stereocenters. The highest BCUT2D eigenvalue weighted by Gasteiger charge is 2.29. The van der Waals surface area contributed by atoms with Crippen LogP contribution in [-0.4, -0.2) is 40.0 Å². The monoisotopic (exact) mass is 388 g/mol. The zero-order chi connectivity index (χ0) is 20.2. The molecule has 0 radical (unpaired) electrons. The van der Waals surface area contributed by atoms with E-state index in [1.54, 1.807) is 11.0 Å². The zero-order valence-electron chi connectivity index (χ0n) is 16.4. The normalized spacial score (nSPS) is 16.4. The molecule has 2 amide bonds. The van der Waals surface area contributed by atoms with Gasteiger partial charge < -0.3 is 10.2 Å². The Hall–Kier alpha value is -3.41. The molecule has 2 heterocycles. The third-order valence-corrected chi connectivity index (χ3v) is 5.28. The molecule has 0 saturated carbocycles. The third-order valence-electron chi connectivity index (χ3n) is 5.28. The van der Waals surface area contributed by atoms with Crippen LogP contribution in [0.1, 0.15) is 28.9 Å². The van der Waals surface area contributed by atoms with Gasteiger partial charge in [0.05, 0.1) is 11.6 Å². The van der Waals surface area contributed by atoms with Crippen molar-refractivity contribution in [3.8, 4) is 11.3 Å². The summed E-state index contributed by atoms with van der Waals surface area (Å²) in [5, 5.41) is 10.1. The Morgan fingerprint density at radius 2 is 1.86 bits per heavy atom. The molecule has 1 aliphatic heterocycles. The van der Waals surface area contributed by atoms with Crippen molar-refractivity contribution in [3.63, 3.8) is 0 Å². The van der Waals surface area contributed by atoms with Crippen molar-refractivity contribution in [2.24, 2.45) is 5.92 Å². The Bertz CT molecular complexity index is 995. The van der Waals surface area contributed by atoms with Crippen LogP contribution < -0.4 is 5.32 Å². The van der Waals surface area contributed by atoms with Gasteiger partial charge in [-0.1, -0.05) is 48.0 Å². The van der Waals surface area contributed by atoms with Crippen LogP contribution in [0.2, 0.25) is 0 Å². The first-order valence-corrected chi connectivity index (χ1v) is 9.88. The van der Waals surface area contributed by atoms with Crippen LogP contribution in [0.4, 0.5) is 5.69 Å². The molecule has 148 valence electrons. The number of rotatable bonds is 4. The fourth-order valence-electron chi connectivity index (χ4n) is 3.62. The number of aryl methyl sites for hydroxylation is 1. The molecule has 6 nitrogen and oxygen atoms in total. The first-order chi connectivity index (χ1) is 14.1. The maximum atomic E-state index is 12.9. The van der Waals surface area contributed by atoms with Gasteiger partial charge in [-0.25, -0.2) is 0 Å². The van der Waals surface area contributed by atoms with E-state index in [2.05, 4.69) is 15.5 Å². The number of amides is 2. The van der Waals surface area contributed by atoms with E-state index in [1.807, 2.05) is 61.5 Å². The summed E-state index contributed by atoms with van der Waals surface area (Å²) in [7, 11) is 0. The highest BCUT2D eigenvalue weighted by molar-refractivity contribution is 5.95. The minimum Gasteiger partial charge on any atom is -0.337 e. The number of anilines is 1. The maximum Gasteiger partial charge on any atom is 0.271 e. The van der Waals surface area contributed by atoms with E-state index >= 15 is 0 Å². The average Bonchev–Trinajstić information content (AvgIpc) is 3.25. The lowest BCUT2D eigenvalue weighted by Crippen LogP contribution is -2.43. The summed E-state index contributed by atoms with van der Waals surface area (Å²) in [6.45, 7) is 3.09. The molecule has 6 heteroatoms. The molecule has 3 aromatic rings. The molecule has 1 atom stereocenters. The van der Waals surface area contributed by atoms with Crippen molar-refractivity contribution < 1.29 is 9.59 Å². The molecule has 4 rings (SSSR count). The minimum atomic E-state index is -0.215. The van der Waals surface area contributed by atoms with Crippen molar-refractivity contribution in [1.82, 2.24) is 15.1 Å². The van der Waals surface area contributed by atoms with E-state index in [-0.39, 0.29) is 17.7 Å². The molecule has 0 aliphatic carbocycles. The molecule has 2 N–H and O–H groups in total. The van der Waals surface area contributed by atoms with Crippen molar-refractivity contribution >= 4 is 17.5 Å². The number of para-hydroxylation sites is 1. The van der Waals surface area contributed by atoms with E-state index in [0.29, 0.717) is 18.8 Å². The first kappa shape index (κ1) is 18.9. The molecule has 0 spiro atoms. The van der Waals surface area contributed by atoms with E-state index in [1.165, 1.54) is 5.56 Å². The fraction of sp³-hybridized carbons (Fsp3) is 0.261. The lowest BCUT2D eigenvalue weighted by atomic mass is 9.96. The number of aromatic amines is 1. The number of nitrogens with zero attached hydrogens (tertiary/aromatic N) is 2. The number of carbonyl (C=O) groups excluding carboxylic acids is 2. The van der Waals surface area contributed by atoms with Gasteiger partial charge in [0.2, 0.25) is 5.91 Å². The number of piperidine rings is 1. The van der Waals surface area contributed by atoms with Gasteiger partial charge in [0.15, 0.2) is 0 Å². The minimum absolute atomic E-state index is 0.0429. The predicted molar refractivity (Wildman–Crippen MR) is 112 cm³/mol. The van der Waals surface area contributed by atoms with Gasteiger partial charge in [0, 0.05) is 24.3 Å². The summed E-state index contributed by atoms with van der Waals surface area (Å²) in [6.07, 6.45) is 1.58. The fourth-order valence-corrected chi connectivity index (χ4v) is 3.62. The van der Waals surface area contributed by atoms with Gasteiger partial charge in [-0.3, -0.25) is 14.7 Å². The van der Waals surface area contributed by atoms with Gasteiger partial charge >= 0.3 is 0 Å². The number of hydrogen-bond donors (Lipinski definition) is 2. The highest BCUT2D eigenvalue weighted by atomic mass is 16.2. The van der Waals surface area contributed by atoms with Crippen molar-refractivity contribution in [3.05, 3.63) is 71.9 Å². The van der Waals surface area contributed by atoms with E-state index in [9.17, 15) is 9.59 Å². The van der Waals surface area contributed by atoms with Crippen LogP contribution in [0.5, 0.6) is 0 Å². The number of carbonyl (C=O) groups is 2. The summed E-state index contributed by atoms with van der Waals surface area (Å²) in [5.41, 5.74) is 4.10. The summed E-state index contributed by atoms with van der Waals surface area (Å²) in [4.78, 5) is 27.3. The highest BCUT2D eigenvalue weighted by Crippen LogP contribution is 2.22. The van der Waals surface area contributed by atoms with Gasteiger partial charge in [-0.2, -0.15) is 5.10 Å². The Labute approximate surface area is 169 Å². The summed E-state index contributed by atoms with van der Waals surface area (Å²) in [5.74, 6) is -0.376. The number of aromatic nitrogens is 2. The van der Waals surface area contributed by atoms with Crippen molar-refractivity contribution in [1.29, 1.82) is 0 Å². The van der Waals surface area contributed by atoms with E-state index in [0.717, 1.165) is 29.8 Å². The number of benzene rings is 2. The second-order valence-electron chi connectivity index (χ2n) is 7.48. The molecule has 0 bridgehead atoms. The van der Waals surface area contributed by atoms with Crippen LogP contribution in [0.15, 0.2) is 60.7 Å². The Balaban J connectivity index is 1.42. The predicted octanol–water partition coefficient (Wildman–Crippen LogP) is 3.88. The lowest BCUT2D eigenvalue weighted by Gasteiger charge is -2.31. The molecule has 1 aliphatic rings. The van der Waals surface area contributed by atoms with Crippen molar-refractivity contribution in [2.45, 2.75) is 19.8 Å². The van der Waals surface area contributed by atoms with E-state index in [4.69, 9.17) is 0 Å². The lowest BCUT2D eigenvalue weighted by molar-refractivity contribution is -0.121. The maximum absolute atomic E-state index is 12.9. The van der Waals surface area contributed by atoms with Gasteiger partial charge in [0.25, 0.3) is 5.91 Å². The van der Waals surface area contributed by atoms with Gasteiger partial charge in [0.1, 0.15) is 5.69 Å². The zero-order valence-corrected chi connectivity index (χ0v) is 16.4. The first-order valence-electron chi connectivity index (χ1n) is 9.88. The van der Waals surface area contributed by atoms with Crippen molar-refractivity contribution in [2.75, 3.05) is 18.4 Å². The summed E-state index contributed by atoms with van der Waals surface area (Å²) >= 11 is 0. The molecular formula is C23H24N4O2. The second-order valence-corrected chi connectivity index (χ2v) is 7.48. The van der Waals surface area contributed by atoms with Crippen LogP contribution in [0.3, 0.4) is 0 Å². The topological polar surface area (TPSA) is 78.1 Å². The van der Waals surface area contributed by atoms with Gasteiger partial charge in [-0.05, 0) is 38.0 Å². The molecule has 2 aromatic carbocycles. The molecular weight excluding hydrogens is 364 g/mol. The SMILES string of the molecule is Cc1ccc(-c2cc(C(=O)N3CCCC(C(=O)Nc4ccccc4)C3)[nH]n2)cc1. The van der Waals surface area contributed by atoms with Gasteiger partial charge in [-0.15, -0.1) is 0 Å². The van der Waals surface area contributed by atoms with Crippen LogP contribution in [0.25, 0.3) is 11.3 Å². The molecule has 1 fully saturated rings. The number of hydrogen-bond acceptors (Lipinski definition) is 3. The standard InChI is InChI=1S/C23H24N4O2/c1-16-9-11-17(12-10-16)20-14-21(26-25-20)23(29)27-13-5-6-18(15-27)22(28)24-19-7-3-2-4-8-19/h2-4,7-12,14,18H,5-6,13,15H2,1H3,(H,24,28)(H,25,26). The van der Waals surface area contributed by atoms with Crippen LogP contribution in [-0.2, 0) is 4.79 Å². The summed E-state index contributed by atoms with van der Waals surface area (Å²) in [6, 6.07) is 19.2. The van der Waals surface area contributed by atoms with E-state index < -0.39 is 0 Å². The summed E-state index contributed by atoms with van der Waals surface area (Å²) < 4.78 is 0. The quantitative estimate of drug-likeness (QED) is 0.712. The Morgan fingerprint density at radius 3 is 2.62 bits per heavy atom. The number of likely N-dealkylation sites (tertiary alicyclic amines) is 1. The largest absolute Gasteiger partial charge is 0.337 e. The number of nitrogens with one attached hydrogen (secondary N) is 2. The Kier molecular flexibility index (Phi) is 5.42. The molecule has 1 saturated heterocycles. The smallest absolute Gasteiger partial charge is 0.271 e. The average molecular weight is 388 g/mol. The number of H-pyrrole nitrogens is 1. The third kappa shape index (κ3) is 4.37. The molecule has 1 aromatic heterocycles. The van der Waals surface area contributed by atoms with Crippen LogP contribution >= 0.6 is 0 Å². The van der Waals surface area contributed by atoms with Crippen LogP contribution in [0, 0.1) is 12.8 Å². The Morgan fingerprint density at radius 1 is 1.10 bits per heavy atom. The second kappa shape index (κ2) is 8.31. The molecule has 29 heavy (non-hydrogen) atoms.